The molecular weight excluding hydrogens is 276 g/mol. The van der Waals surface area contributed by atoms with E-state index in [2.05, 4.69) is 42.7 Å². The first-order valence-electron chi connectivity index (χ1n) is 7.92. The standard InChI is InChI=1S/C18H22N2S/c1-3-13(2)20-16-12-8-7-11-15(16)18(21)19-17(20)14-9-5-4-6-10-14/h4-6,9-10,13H,3,7-8,11-12H2,1-2H3/t13-/m0/s1. The van der Waals surface area contributed by atoms with E-state index in [1.165, 1.54) is 24.1 Å². The van der Waals surface area contributed by atoms with Gasteiger partial charge in [0.2, 0.25) is 0 Å². The summed E-state index contributed by atoms with van der Waals surface area (Å²) >= 11 is 5.58. The fraction of sp³-hybridized carbons (Fsp3) is 0.444. The summed E-state index contributed by atoms with van der Waals surface area (Å²) in [6.07, 6.45) is 5.83. The van der Waals surface area contributed by atoms with Crippen molar-refractivity contribution >= 4 is 12.2 Å². The highest BCUT2D eigenvalue weighted by atomic mass is 32.1. The van der Waals surface area contributed by atoms with Crippen molar-refractivity contribution in [2.75, 3.05) is 0 Å². The Morgan fingerprint density at radius 1 is 1.19 bits per heavy atom. The molecule has 0 N–H and O–H groups in total. The third-order valence-electron chi connectivity index (χ3n) is 4.49. The second-order valence-corrected chi connectivity index (χ2v) is 6.25. The number of hydrogen-bond acceptors (Lipinski definition) is 2. The van der Waals surface area contributed by atoms with E-state index in [0.29, 0.717) is 6.04 Å². The number of fused-ring (bicyclic) bond motifs is 1. The summed E-state index contributed by atoms with van der Waals surface area (Å²) in [6, 6.07) is 10.9. The molecule has 0 saturated carbocycles. The van der Waals surface area contributed by atoms with Crippen LogP contribution in [0.15, 0.2) is 30.3 Å². The van der Waals surface area contributed by atoms with Gasteiger partial charge in [0.25, 0.3) is 0 Å². The molecule has 0 spiro atoms. The molecule has 1 aliphatic carbocycles. The topological polar surface area (TPSA) is 17.8 Å². The van der Waals surface area contributed by atoms with Gasteiger partial charge < -0.3 is 4.57 Å². The third-order valence-corrected chi connectivity index (χ3v) is 4.82. The van der Waals surface area contributed by atoms with Crippen LogP contribution in [0.25, 0.3) is 11.4 Å². The smallest absolute Gasteiger partial charge is 0.142 e. The summed E-state index contributed by atoms with van der Waals surface area (Å²) in [4.78, 5) is 4.80. The minimum atomic E-state index is 0.454. The highest BCUT2D eigenvalue weighted by Crippen LogP contribution is 2.30. The van der Waals surface area contributed by atoms with E-state index in [9.17, 15) is 0 Å². The van der Waals surface area contributed by atoms with Crippen LogP contribution in [0.4, 0.5) is 0 Å². The van der Waals surface area contributed by atoms with Gasteiger partial charge in [-0.1, -0.05) is 49.5 Å². The van der Waals surface area contributed by atoms with Crippen LogP contribution in [0.5, 0.6) is 0 Å². The van der Waals surface area contributed by atoms with Crippen molar-refractivity contribution < 1.29 is 0 Å². The molecule has 21 heavy (non-hydrogen) atoms. The molecule has 0 saturated heterocycles. The van der Waals surface area contributed by atoms with Gasteiger partial charge in [-0.15, -0.1) is 0 Å². The Morgan fingerprint density at radius 2 is 1.90 bits per heavy atom. The second-order valence-electron chi connectivity index (χ2n) is 5.87. The van der Waals surface area contributed by atoms with Gasteiger partial charge in [0.15, 0.2) is 0 Å². The van der Waals surface area contributed by atoms with Crippen LogP contribution >= 0.6 is 12.2 Å². The van der Waals surface area contributed by atoms with Gasteiger partial charge in [0.05, 0.1) is 0 Å². The molecule has 2 aromatic rings. The predicted molar refractivity (Wildman–Crippen MR) is 90.1 cm³/mol. The third kappa shape index (κ3) is 2.67. The Kier molecular flexibility index (Phi) is 4.20. The zero-order valence-electron chi connectivity index (χ0n) is 12.8. The van der Waals surface area contributed by atoms with E-state index in [4.69, 9.17) is 17.2 Å². The molecule has 0 bridgehead atoms. The van der Waals surface area contributed by atoms with Crippen molar-refractivity contribution in [1.82, 2.24) is 9.55 Å². The molecule has 1 aliphatic rings. The molecule has 1 aromatic heterocycles. The summed E-state index contributed by atoms with van der Waals surface area (Å²) in [5.74, 6) is 1.04. The Hall–Kier alpha value is -1.48. The van der Waals surface area contributed by atoms with Crippen LogP contribution in [0.1, 0.15) is 50.4 Å². The van der Waals surface area contributed by atoms with E-state index >= 15 is 0 Å². The normalized spacial score (nSPS) is 15.5. The lowest BCUT2D eigenvalue weighted by atomic mass is 9.95. The summed E-state index contributed by atoms with van der Waals surface area (Å²) in [7, 11) is 0. The van der Waals surface area contributed by atoms with Crippen LogP contribution in [0, 0.1) is 4.64 Å². The molecule has 0 aliphatic heterocycles. The van der Waals surface area contributed by atoms with Crippen LogP contribution in [-0.2, 0) is 12.8 Å². The van der Waals surface area contributed by atoms with E-state index in [0.717, 1.165) is 35.3 Å². The van der Waals surface area contributed by atoms with Crippen molar-refractivity contribution in [1.29, 1.82) is 0 Å². The molecule has 110 valence electrons. The van der Waals surface area contributed by atoms with Crippen LogP contribution in [0.3, 0.4) is 0 Å². The maximum absolute atomic E-state index is 5.58. The molecule has 1 atom stereocenters. The Morgan fingerprint density at radius 3 is 2.62 bits per heavy atom. The van der Waals surface area contributed by atoms with E-state index in [1.54, 1.807) is 0 Å². The van der Waals surface area contributed by atoms with Crippen molar-refractivity contribution in [2.24, 2.45) is 0 Å². The first-order valence-corrected chi connectivity index (χ1v) is 8.33. The molecule has 0 unspecified atom stereocenters. The Labute approximate surface area is 131 Å². The zero-order valence-corrected chi connectivity index (χ0v) is 13.6. The lowest BCUT2D eigenvalue weighted by Crippen LogP contribution is -2.20. The number of aromatic nitrogens is 2. The molecule has 1 heterocycles. The molecule has 3 heteroatoms. The van der Waals surface area contributed by atoms with E-state index in [-0.39, 0.29) is 0 Å². The van der Waals surface area contributed by atoms with Crippen LogP contribution in [0.2, 0.25) is 0 Å². The van der Waals surface area contributed by atoms with Crippen molar-refractivity contribution in [3.63, 3.8) is 0 Å². The second kappa shape index (κ2) is 6.10. The summed E-state index contributed by atoms with van der Waals surface area (Å²) in [5, 5.41) is 0. The molecule has 1 aromatic carbocycles. The van der Waals surface area contributed by atoms with Crippen LogP contribution < -0.4 is 0 Å². The first kappa shape index (κ1) is 14.5. The fourth-order valence-corrected chi connectivity index (χ4v) is 3.49. The Balaban J connectivity index is 2.28. The SMILES string of the molecule is CC[C@H](C)n1c(-c2ccccc2)nc(=S)c2c1CCCC2. The number of hydrogen-bond donors (Lipinski definition) is 0. The largest absolute Gasteiger partial charge is 0.326 e. The fourth-order valence-electron chi connectivity index (χ4n) is 3.18. The van der Waals surface area contributed by atoms with Crippen molar-refractivity contribution in [2.45, 2.75) is 52.0 Å². The first-order chi connectivity index (χ1) is 10.2. The number of nitrogens with zero attached hydrogens (tertiary/aromatic N) is 2. The maximum Gasteiger partial charge on any atom is 0.142 e. The van der Waals surface area contributed by atoms with Gasteiger partial charge >= 0.3 is 0 Å². The van der Waals surface area contributed by atoms with Crippen molar-refractivity contribution in [3.8, 4) is 11.4 Å². The van der Waals surface area contributed by atoms with Gasteiger partial charge in [-0.2, -0.15) is 0 Å². The lowest BCUT2D eigenvalue weighted by molar-refractivity contribution is 0.484. The quantitative estimate of drug-likeness (QED) is 0.731. The van der Waals surface area contributed by atoms with Crippen molar-refractivity contribution in [3.05, 3.63) is 46.2 Å². The van der Waals surface area contributed by atoms with E-state index in [1.807, 2.05) is 6.07 Å². The molecule has 0 radical (unpaired) electrons. The van der Waals surface area contributed by atoms with Gasteiger partial charge in [-0.3, -0.25) is 0 Å². The van der Waals surface area contributed by atoms with Gasteiger partial charge in [-0.25, -0.2) is 4.98 Å². The van der Waals surface area contributed by atoms with Crippen LogP contribution in [-0.4, -0.2) is 9.55 Å². The predicted octanol–water partition coefficient (Wildman–Crippen LogP) is 5.13. The maximum atomic E-state index is 5.58. The van der Waals surface area contributed by atoms with Gasteiger partial charge in [-0.05, 0) is 39.0 Å². The van der Waals surface area contributed by atoms with E-state index < -0.39 is 0 Å². The minimum absolute atomic E-state index is 0.454. The highest BCUT2D eigenvalue weighted by Gasteiger charge is 2.21. The molecule has 3 rings (SSSR count). The monoisotopic (exact) mass is 298 g/mol. The zero-order chi connectivity index (χ0) is 14.8. The Bertz CT molecular complexity index is 688. The lowest BCUT2D eigenvalue weighted by Gasteiger charge is -2.28. The average molecular weight is 298 g/mol. The minimum Gasteiger partial charge on any atom is -0.326 e. The number of rotatable bonds is 3. The molecule has 0 amide bonds. The molecular formula is C18H22N2S. The molecule has 2 nitrogen and oxygen atoms in total. The van der Waals surface area contributed by atoms with Gasteiger partial charge in [0, 0.05) is 22.9 Å². The summed E-state index contributed by atoms with van der Waals surface area (Å²) in [6.45, 7) is 4.52. The van der Waals surface area contributed by atoms with Gasteiger partial charge in [0.1, 0.15) is 10.5 Å². The average Bonchev–Trinajstić information content (AvgIpc) is 2.55. The molecule has 0 fully saturated rings. The highest BCUT2D eigenvalue weighted by molar-refractivity contribution is 7.71. The summed E-state index contributed by atoms with van der Waals surface area (Å²) < 4.78 is 3.25. The summed E-state index contributed by atoms with van der Waals surface area (Å²) in [5.41, 5.74) is 3.91. The number of benzene rings is 1.